The van der Waals surface area contributed by atoms with E-state index in [2.05, 4.69) is 26.0 Å². The third-order valence-electron chi connectivity index (χ3n) is 3.17. The molecular formula is C13H16BrNO3. The molecule has 0 aliphatic heterocycles. The molecule has 1 aromatic carbocycles. The van der Waals surface area contributed by atoms with Gasteiger partial charge >= 0.3 is 5.97 Å². The Hall–Kier alpha value is -0.910. The molecule has 0 bridgehead atoms. The lowest BCUT2D eigenvalue weighted by atomic mass is 9.89. The average molecular weight is 314 g/mol. The van der Waals surface area contributed by atoms with Gasteiger partial charge in [-0.2, -0.15) is 0 Å². The van der Waals surface area contributed by atoms with Gasteiger partial charge in [0.05, 0.1) is 18.8 Å². The van der Waals surface area contributed by atoms with Gasteiger partial charge in [-0.05, 0) is 30.5 Å². The van der Waals surface area contributed by atoms with E-state index in [0.717, 1.165) is 29.4 Å². The highest BCUT2D eigenvalue weighted by atomic mass is 79.9. The molecular weight excluding hydrogens is 298 g/mol. The first-order chi connectivity index (χ1) is 8.60. The van der Waals surface area contributed by atoms with Crippen molar-refractivity contribution >= 4 is 21.9 Å². The number of carbonyl (C=O) groups excluding carboxylic acids is 1. The first-order valence-corrected chi connectivity index (χ1v) is 6.67. The van der Waals surface area contributed by atoms with E-state index < -0.39 is 0 Å². The zero-order chi connectivity index (χ0) is 13.1. The molecule has 0 spiro atoms. The fraction of sp³-hybridized carbons (Fsp3) is 0.462. The van der Waals surface area contributed by atoms with Crippen molar-refractivity contribution < 1.29 is 14.6 Å². The molecule has 0 radical (unpaired) electrons. The first kappa shape index (κ1) is 13.5. The summed E-state index contributed by atoms with van der Waals surface area (Å²) in [7, 11) is 1.37. The largest absolute Gasteiger partial charge is 0.465 e. The molecule has 0 saturated heterocycles. The molecule has 18 heavy (non-hydrogen) atoms. The number of ether oxygens (including phenoxy) is 1. The Kier molecular flexibility index (Phi) is 4.37. The third kappa shape index (κ3) is 3.10. The maximum absolute atomic E-state index is 11.3. The molecule has 1 saturated carbocycles. The van der Waals surface area contributed by atoms with E-state index in [4.69, 9.17) is 0 Å². The number of aliphatic hydroxyl groups excluding tert-OH is 1. The predicted molar refractivity (Wildman–Crippen MR) is 71.4 cm³/mol. The van der Waals surface area contributed by atoms with Crippen LogP contribution in [0.5, 0.6) is 0 Å². The number of esters is 1. The Labute approximate surface area is 114 Å². The lowest BCUT2D eigenvalue weighted by Gasteiger charge is -2.32. The van der Waals surface area contributed by atoms with Crippen LogP contribution in [-0.4, -0.2) is 30.3 Å². The molecule has 2 rings (SSSR count). The van der Waals surface area contributed by atoms with Crippen LogP contribution in [0.2, 0.25) is 0 Å². The molecule has 4 nitrogen and oxygen atoms in total. The van der Waals surface area contributed by atoms with Crippen molar-refractivity contribution in [1.82, 2.24) is 5.32 Å². The van der Waals surface area contributed by atoms with Gasteiger partial charge in [0.25, 0.3) is 0 Å². The van der Waals surface area contributed by atoms with E-state index >= 15 is 0 Å². The highest BCUT2D eigenvalue weighted by Crippen LogP contribution is 2.22. The lowest BCUT2D eigenvalue weighted by Crippen LogP contribution is -2.43. The minimum Gasteiger partial charge on any atom is -0.465 e. The molecule has 1 aliphatic rings. The van der Waals surface area contributed by atoms with Crippen LogP contribution in [-0.2, 0) is 11.3 Å². The molecule has 0 atom stereocenters. The molecule has 0 amide bonds. The standard InChI is InChI=1S/C13H16BrNO3/c1-18-13(17)8-2-3-9(12(14)4-8)7-15-10-5-11(16)6-10/h2-4,10-11,15-16H,5-7H2,1H3. The quantitative estimate of drug-likeness (QED) is 0.833. The van der Waals surface area contributed by atoms with Crippen LogP contribution in [0.15, 0.2) is 22.7 Å². The van der Waals surface area contributed by atoms with Crippen molar-refractivity contribution in [3.8, 4) is 0 Å². The van der Waals surface area contributed by atoms with E-state index in [1.165, 1.54) is 7.11 Å². The minimum absolute atomic E-state index is 0.146. The second kappa shape index (κ2) is 5.82. The summed E-state index contributed by atoms with van der Waals surface area (Å²) in [6.45, 7) is 0.722. The Morgan fingerprint density at radius 1 is 1.56 bits per heavy atom. The predicted octanol–water partition coefficient (Wildman–Crippen LogP) is 1.85. The summed E-state index contributed by atoms with van der Waals surface area (Å²) in [4.78, 5) is 11.3. The van der Waals surface area contributed by atoms with Gasteiger partial charge in [0.1, 0.15) is 0 Å². The van der Waals surface area contributed by atoms with E-state index in [0.29, 0.717) is 11.6 Å². The summed E-state index contributed by atoms with van der Waals surface area (Å²) >= 11 is 3.45. The second-order valence-electron chi connectivity index (χ2n) is 4.50. The topological polar surface area (TPSA) is 58.6 Å². The van der Waals surface area contributed by atoms with Crippen molar-refractivity contribution in [2.45, 2.75) is 31.5 Å². The van der Waals surface area contributed by atoms with Crippen molar-refractivity contribution in [3.63, 3.8) is 0 Å². The van der Waals surface area contributed by atoms with Gasteiger partial charge in [0.2, 0.25) is 0 Å². The van der Waals surface area contributed by atoms with Gasteiger partial charge in [-0.15, -0.1) is 0 Å². The zero-order valence-electron chi connectivity index (χ0n) is 10.1. The van der Waals surface area contributed by atoms with Gasteiger partial charge in [-0.25, -0.2) is 4.79 Å². The van der Waals surface area contributed by atoms with E-state index in [-0.39, 0.29) is 12.1 Å². The molecule has 2 N–H and O–H groups in total. The van der Waals surface area contributed by atoms with E-state index in [1.807, 2.05) is 6.07 Å². The normalized spacial score (nSPS) is 22.4. The number of nitrogens with one attached hydrogen (secondary N) is 1. The molecule has 5 heteroatoms. The molecule has 0 unspecified atom stereocenters. The lowest BCUT2D eigenvalue weighted by molar-refractivity contribution is 0.0597. The number of aliphatic hydroxyl groups is 1. The van der Waals surface area contributed by atoms with Gasteiger partial charge in [-0.1, -0.05) is 22.0 Å². The SMILES string of the molecule is COC(=O)c1ccc(CNC2CC(O)C2)c(Br)c1. The molecule has 1 aliphatic carbocycles. The number of methoxy groups -OCH3 is 1. The Bertz CT molecular complexity index is 444. The summed E-state index contributed by atoms with van der Waals surface area (Å²) in [5, 5.41) is 12.6. The van der Waals surface area contributed by atoms with Crippen molar-refractivity contribution in [2.75, 3.05) is 7.11 Å². The summed E-state index contributed by atoms with van der Waals surface area (Å²) in [6, 6.07) is 5.81. The van der Waals surface area contributed by atoms with Gasteiger partial charge in [-0.3, -0.25) is 0 Å². The maximum Gasteiger partial charge on any atom is 0.337 e. The van der Waals surface area contributed by atoms with Crippen LogP contribution in [0.1, 0.15) is 28.8 Å². The Morgan fingerprint density at radius 2 is 2.28 bits per heavy atom. The number of rotatable bonds is 4. The molecule has 1 aromatic rings. The van der Waals surface area contributed by atoms with Crippen LogP contribution in [0.3, 0.4) is 0 Å². The molecule has 0 heterocycles. The number of halogens is 1. The fourth-order valence-corrected chi connectivity index (χ4v) is 2.46. The van der Waals surface area contributed by atoms with E-state index in [1.54, 1.807) is 12.1 Å². The number of benzene rings is 1. The highest BCUT2D eigenvalue weighted by molar-refractivity contribution is 9.10. The summed E-state index contributed by atoms with van der Waals surface area (Å²) < 4.78 is 5.55. The average Bonchev–Trinajstić information content (AvgIpc) is 2.33. The number of hydrogen-bond acceptors (Lipinski definition) is 4. The van der Waals surface area contributed by atoms with Crippen molar-refractivity contribution in [3.05, 3.63) is 33.8 Å². The molecule has 98 valence electrons. The van der Waals surface area contributed by atoms with Crippen LogP contribution in [0, 0.1) is 0 Å². The number of hydrogen-bond donors (Lipinski definition) is 2. The minimum atomic E-state index is -0.336. The molecule has 0 aromatic heterocycles. The second-order valence-corrected chi connectivity index (χ2v) is 5.36. The van der Waals surface area contributed by atoms with Crippen LogP contribution in [0.25, 0.3) is 0 Å². The maximum atomic E-state index is 11.3. The smallest absolute Gasteiger partial charge is 0.337 e. The Balaban J connectivity index is 1.95. The van der Waals surface area contributed by atoms with Crippen LogP contribution < -0.4 is 5.32 Å². The summed E-state index contributed by atoms with van der Waals surface area (Å²) in [5.74, 6) is -0.336. The van der Waals surface area contributed by atoms with Gasteiger partial charge in [0, 0.05) is 17.1 Å². The highest BCUT2D eigenvalue weighted by Gasteiger charge is 2.26. The zero-order valence-corrected chi connectivity index (χ0v) is 11.7. The van der Waals surface area contributed by atoms with E-state index in [9.17, 15) is 9.90 Å². The monoisotopic (exact) mass is 313 g/mol. The summed E-state index contributed by atoms with van der Waals surface area (Å²) in [6.07, 6.45) is 1.49. The van der Waals surface area contributed by atoms with Crippen LogP contribution >= 0.6 is 15.9 Å². The van der Waals surface area contributed by atoms with Crippen molar-refractivity contribution in [2.24, 2.45) is 0 Å². The van der Waals surface area contributed by atoms with Crippen molar-refractivity contribution in [1.29, 1.82) is 0 Å². The summed E-state index contributed by atoms with van der Waals surface area (Å²) in [5.41, 5.74) is 1.62. The fourth-order valence-electron chi connectivity index (χ4n) is 1.94. The first-order valence-electron chi connectivity index (χ1n) is 5.88. The number of carbonyl (C=O) groups is 1. The van der Waals surface area contributed by atoms with Gasteiger partial charge < -0.3 is 15.2 Å². The molecule has 1 fully saturated rings. The van der Waals surface area contributed by atoms with Crippen LogP contribution in [0.4, 0.5) is 0 Å². The third-order valence-corrected chi connectivity index (χ3v) is 3.91. The van der Waals surface area contributed by atoms with Gasteiger partial charge in [0.15, 0.2) is 0 Å². The Morgan fingerprint density at radius 3 is 2.83 bits per heavy atom.